The maximum Gasteiger partial charge on any atom is 0.278 e. The van der Waals surface area contributed by atoms with E-state index in [-0.39, 0.29) is 5.91 Å². The summed E-state index contributed by atoms with van der Waals surface area (Å²) < 4.78 is 3.13. The third-order valence-corrected chi connectivity index (χ3v) is 3.37. The maximum atomic E-state index is 12.5. The Morgan fingerprint density at radius 2 is 2.00 bits per heavy atom. The van der Waals surface area contributed by atoms with Gasteiger partial charge >= 0.3 is 0 Å². The second kappa shape index (κ2) is 4.16. The lowest BCUT2D eigenvalue weighted by atomic mass is 10.2. The zero-order valence-corrected chi connectivity index (χ0v) is 11.5. The lowest BCUT2D eigenvalue weighted by Crippen LogP contribution is -2.15. The number of nitrogens with zero attached hydrogens (tertiary/aromatic N) is 5. The van der Waals surface area contributed by atoms with Gasteiger partial charge in [0, 0.05) is 11.8 Å². The summed E-state index contributed by atoms with van der Waals surface area (Å²) in [6, 6.07) is 3.41. The standard InChI is InChI=1S/C13H14N6O/c1-7-12(14)8(2)19(17-7)13(20)10-4-5-18-9(3)15-16-11(18)6-10/h4-6H,14H2,1-3H3. The first-order valence-electron chi connectivity index (χ1n) is 6.17. The number of rotatable bonds is 1. The largest absolute Gasteiger partial charge is 0.396 e. The number of nitrogen functional groups attached to an aromatic ring is 1. The van der Waals surface area contributed by atoms with Crippen molar-refractivity contribution in [2.24, 2.45) is 0 Å². The Morgan fingerprint density at radius 1 is 1.25 bits per heavy atom. The number of hydrogen-bond donors (Lipinski definition) is 1. The van der Waals surface area contributed by atoms with Crippen LogP contribution in [0.3, 0.4) is 0 Å². The van der Waals surface area contributed by atoms with Crippen LogP contribution in [0, 0.1) is 20.8 Å². The Morgan fingerprint density at radius 3 is 2.65 bits per heavy atom. The normalized spacial score (nSPS) is 11.2. The minimum absolute atomic E-state index is 0.231. The van der Waals surface area contributed by atoms with Gasteiger partial charge in [0.25, 0.3) is 5.91 Å². The molecule has 0 saturated carbocycles. The van der Waals surface area contributed by atoms with Gasteiger partial charge in [0.15, 0.2) is 5.65 Å². The van der Waals surface area contributed by atoms with Crippen molar-refractivity contribution in [3.63, 3.8) is 0 Å². The SMILES string of the molecule is Cc1nn(C(=O)c2ccn3c(C)nnc3c2)c(C)c1N. The van der Waals surface area contributed by atoms with Crippen LogP contribution in [0.5, 0.6) is 0 Å². The van der Waals surface area contributed by atoms with Gasteiger partial charge in [-0.15, -0.1) is 10.2 Å². The highest BCUT2D eigenvalue weighted by molar-refractivity contribution is 5.97. The van der Waals surface area contributed by atoms with E-state index in [9.17, 15) is 4.79 Å². The predicted octanol–water partition coefficient (Wildman–Crippen LogP) is 1.12. The van der Waals surface area contributed by atoms with Crippen molar-refractivity contribution < 1.29 is 4.79 Å². The summed E-state index contributed by atoms with van der Waals surface area (Å²) in [5.74, 6) is 0.541. The van der Waals surface area contributed by atoms with E-state index in [1.165, 1.54) is 4.68 Å². The van der Waals surface area contributed by atoms with Crippen LogP contribution in [0.15, 0.2) is 18.3 Å². The number of aryl methyl sites for hydroxylation is 2. The van der Waals surface area contributed by atoms with Crippen molar-refractivity contribution in [1.29, 1.82) is 0 Å². The highest BCUT2D eigenvalue weighted by atomic mass is 16.2. The second-order valence-electron chi connectivity index (χ2n) is 4.69. The van der Waals surface area contributed by atoms with E-state index in [4.69, 9.17) is 5.73 Å². The fraction of sp³-hybridized carbons (Fsp3) is 0.231. The lowest BCUT2D eigenvalue weighted by molar-refractivity contribution is 0.0942. The first kappa shape index (κ1) is 12.3. The lowest BCUT2D eigenvalue weighted by Gasteiger charge is -2.04. The summed E-state index contributed by atoms with van der Waals surface area (Å²) in [5.41, 5.74) is 8.81. The molecule has 3 rings (SSSR count). The van der Waals surface area contributed by atoms with Crippen LogP contribution in [0.2, 0.25) is 0 Å². The molecule has 102 valence electrons. The van der Waals surface area contributed by atoms with Gasteiger partial charge < -0.3 is 5.73 Å². The molecule has 0 fully saturated rings. The summed E-state index contributed by atoms with van der Waals surface area (Å²) in [6.07, 6.45) is 1.77. The van der Waals surface area contributed by atoms with E-state index in [1.54, 1.807) is 32.2 Å². The van der Waals surface area contributed by atoms with Crippen molar-refractivity contribution in [2.75, 3.05) is 5.73 Å². The van der Waals surface area contributed by atoms with Gasteiger partial charge in [-0.2, -0.15) is 9.78 Å². The number of pyridine rings is 1. The van der Waals surface area contributed by atoms with Crippen LogP contribution in [0.1, 0.15) is 27.6 Å². The number of carbonyl (C=O) groups is 1. The molecule has 0 spiro atoms. The quantitative estimate of drug-likeness (QED) is 0.715. The smallest absolute Gasteiger partial charge is 0.278 e. The molecular formula is C13H14N6O. The topological polar surface area (TPSA) is 91.1 Å². The third-order valence-electron chi connectivity index (χ3n) is 3.37. The van der Waals surface area contributed by atoms with Gasteiger partial charge in [0.05, 0.1) is 17.1 Å². The van der Waals surface area contributed by atoms with Crippen LogP contribution in [-0.4, -0.2) is 30.3 Å². The van der Waals surface area contributed by atoms with Crippen molar-refractivity contribution in [2.45, 2.75) is 20.8 Å². The Balaban J connectivity index is 2.10. The van der Waals surface area contributed by atoms with Gasteiger partial charge in [-0.05, 0) is 32.9 Å². The zero-order valence-electron chi connectivity index (χ0n) is 11.5. The van der Waals surface area contributed by atoms with Crippen LogP contribution >= 0.6 is 0 Å². The molecule has 0 unspecified atom stereocenters. The summed E-state index contributed by atoms with van der Waals surface area (Å²) >= 11 is 0. The summed E-state index contributed by atoms with van der Waals surface area (Å²) in [7, 11) is 0. The number of hydrogen-bond acceptors (Lipinski definition) is 5. The fourth-order valence-corrected chi connectivity index (χ4v) is 2.12. The van der Waals surface area contributed by atoms with Gasteiger partial charge in [-0.1, -0.05) is 0 Å². The molecule has 3 aromatic heterocycles. The Bertz CT molecular complexity index is 829. The molecule has 0 aliphatic carbocycles. The van der Waals surface area contributed by atoms with Gasteiger partial charge in [0.2, 0.25) is 0 Å². The van der Waals surface area contributed by atoms with E-state index < -0.39 is 0 Å². The molecule has 0 atom stereocenters. The monoisotopic (exact) mass is 270 g/mol. The Kier molecular flexibility index (Phi) is 2.56. The average Bonchev–Trinajstić information content (AvgIpc) is 2.94. The molecular weight excluding hydrogens is 256 g/mol. The molecule has 3 heterocycles. The molecule has 0 aliphatic rings. The van der Waals surface area contributed by atoms with Crippen LogP contribution in [-0.2, 0) is 0 Å². The van der Waals surface area contributed by atoms with Crippen LogP contribution in [0.25, 0.3) is 5.65 Å². The van der Waals surface area contributed by atoms with E-state index in [0.717, 1.165) is 5.82 Å². The van der Waals surface area contributed by atoms with E-state index >= 15 is 0 Å². The first-order valence-corrected chi connectivity index (χ1v) is 6.17. The van der Waals surface area contributed by atoms with Crippen LogP contribution < -0.4 is 5.73 Å². The minimum Gasteiger partial charge on any atom is -0.396 e. The average molecular weight is 270 g/mol. The zero-order chi connectivity index (χ0) is 14.4. The number of aromatic nitrogens is 5. The number of fused-ring (bicyclic) bond motifs is 1. The Labute approximate surface area is 115 Å². The van der Waals surface area contributed by atoms with E-state index in [0.29, 0.717) is 28.3 Å². The first-order chi connectivity index (χ1) is 9.49. The molecule has 0 aromatic carbocycles. The van der Waals surface area contributed by atoms with Gasteiger partial charge in [-0.25, -0.2) is 0 Å². The van der Waals surface area contributed by atoms with Crippen molar-refractivity contribution in [3.05, 3.63) is 41.1 Å². The van der Waals surface area contributed by atoms with E-state index in [1.807, 2.05) is 11.3 Å². The van der Waals surface area contributed by atoms with Crippen molar-refractivity contribution in [1.82, 2.24) is 24.4 Å². The molecule has 3 aromatic rings. The second-order valence-corrected chi connectivity index (χ2v) is 4.69. The summed E-state index contributed by atoms with van der Waals surface area (Å²) in [5, 5.41) is 12.1. The molecule has 20 heavy (non-hydrogen) atoms. The summed E-state index contributed by atoms with van der Waals surface area (Å²) in [4.78, 5) is 12.5. The number of carbonyl (C=O) groups excluding carboxylic acids is 1. The predicted molar refractivity (Wildman–Crippen MR) is 73.6 cm³/mol. The summed E-state index contributed by atoms with van der Waals surface area (Å²) in [6.45, 7) is 5.40. The molecule has 0 amide bonds. The third kappa shape index (κ3) is 1.67. The van der Waals surface area contributed by atoms with E-state index in [2.05, 4.69) is 15.3 Å². The van der Waals surface area contributed by atoms with Crippen molar-refractivity contribution >= 4 is 17.2 Å². The molecule has 0 radical (unpaired) electrons. The van der Waals surface area contributed by atoms with Gasteiger partial charge in [-0.3, -0.25) is 9.20 Å². The highest BCUT2D eigenvalue weighted by Gasteiger charge is 2.17. The fourth-order valence-electron chi connectivity index (χ4n) is 2.12. The highest BCUT2D eigenvalue weighted by Crippen LogP contribution is 2.17. The van der Waals surface area contributed by atoms with Crippen LogP contribution in [0.4, 0.5) is 5.69 Å². The number of nitrogens with two attached hydrogens (primary N) is 1. The molecule has 7 heteroatoms. The minimum atomic E-state index is -0.231. The Hall–Kier alpha value is -2.70. The molecule has 2 N–H and O–H groups in total. The van der Waals surface area contributed by atoms with Crippen molar-refractivity contribution in [3.8, 4) is 0 Å². The molecule has 7 nitrogen and oxygen atoms in total. The molecule has 0 aliphatic heterocycles. The number of anilines is 1. The maximum absolute atomic E-state index is 12.5. The molecule has 0 saturated heterocycles. The van der Waals surface area contributed by atoms with Gasteiger partial charge in [0.1, 0.15) is 5.82 Å². The molecule has 0 bridgehead atoms.